The number of benzene rings is 2. The third-order valence-corrected chi connectivity index (χ3v) is 4.51. The van der Waals surface area contributed by atoms with Gasteiger partial charge in [0.25, 0.3) is 0 Å². The Kier molecular flexibility index (Phi) is 4.15. The van der Waals surface area contributed by atoms with Crippen LogP contribution in [0.1, 0.15) is 16.1 Å². The summed E-state index contributed by atoms with van der Waals surface area (Å²) in [6.45, 7) is 0.188. The Balaban J connectivity index is 1.52. The standard InChI is InChI=1S/C20H13BrO4/c21-16-4-2-1-3-15(16)18-10-7-14(25-18)6-8-17(22)13-5-9-19-20(11-13)24-12-23-19/h1-11H,12H2/b8-6+. The van der Waals surface area contributed by atoms with E-state index >= 15 is 0 Å². The predicted molar refractivity (Wildman–Crippen MR) is 97.8 cm³/mol. The van der Waals surface area contributed by atoms with Crippen molar-refractivity contribution in [3.05, 3.63) is 76.5 Å². The molecule has 0 spiro atoms. The number of ketones is 1. The molecule has 0 unspecified atom stereocenters. The van der Waals surface area contributed by atoms with Crippen molar-refractivity contribution in [2.75, 3.05) is 6.79 Å². The van der Waals surface area contributed by atoms with Gasteiger partial charge in [0, 0.05) is 15.6 Å². The molecule has 0 saturated carbocycles. The van der Waals surface area contributed by atoms with Crippen LogP contribution in [0.3, 0.4) is 0 Å². The summed E-state index contributed by atoms with van der Waals surface area (Å²) in [4.78, 5) is 12.3. The lowest BCUT2D eigenvalue weighted by atomic mass is 10.1. The first kappa shape index (κ1) is 15.7. The van der Waals surface area contributed by atoms with Crippen molar-refractivity contribution in [1.82, 2.24) is 0 Å². The van der Waals surface area contributed by atoms with E-state index in [1.54, 1.807) is 24.3 Å². The van der Waals surface area contributed by atoms with Crippen LogP contribution < -0.4 is 9.47 Å². The minimum absolute atomic E-state index is 0.128. The van der Waals surface area contributed by atoms with E-state index in [2.05, 4.69) is 15.9 Å². The number of hydrogen-bond acceptors (Lipinski definition) is 4. The molecule has 1 aromatic heterocycles. The van der Waals surface area contributed by atoms with Crippen molar-refractivity contribution in [2.24, 2.45) is 0 Å². The molecular formula is C20H13BrO4. The molecule has 1 aliphatic heterocycles. The van der Waals surface area contributed by atoms with Crippen LogP contribution >= 0.6 is 15.9 Å². The van der Waals surface area contributed by atoms with Gasteiger partial charge in [0.1, 0.15) is 11.5 Å². The van der Waals surface area contributed by atoms with Gasteiger partial charge in [-0.25, -0.2) is 0 Å². The van der Waals surface area contributed by atoms with Crippen molar-refractivity contribution in [3.63, 3.8) is 0 Å². The quantitative estimate of drug-likeness (QED) is 0.441. The Morgan fingerprint density at radius 3 is 2.72 bits per heavy atom. The number of ether oxygens (including phenoxy) is 2. The van der Waals surface area contributed by atoms with E-state index in [0.29, 0.717) is 22.8 Å². The summed E-state index contributed by atoms with van der Waals surface area (Å²) < 4.78 is 17.3. The van der Waals surface area contributed by atoms with Crippen LogP contribution in [0.5, 0.6) is 11.5 Å². The van der Waals surface area contributed by atoms with Gasteiger partial charge in [0.05, 0.1) is 0 Å². The average molecular weight is 397 g/mol. The fourth-order valence-electron chi connectivity index (χ4n) is 2.55. The zero-order valence-corrected chi connectivity index (χ0v) is 14.7. The zero-order chi connectivity index (χ0) is 17.2. The van der Waals surface area contributed by atoms with Crippen molar-refractivity contribution < 1.29 is 18.7 Å². The predicted octanol–water partition coefficient (Wildman–Crippen LogP) is 5.33. The van der Waals surface area contributed by atoms with Crippen molar-refractivity contribution >= 4 is 27.8 Å². The number of furan rings is 1. The average Bonchev–Trinajstić information content (AvgIpc) is 3.28. The lowest BCUT2D eigenvalue weighted by Crippen LogP contribution is -1.94. The number of allylic oxidation sites excluding steroid dienone is 1. The SMILES string of the molecule is O=C(/C=C/c1ccc(-c2ccccc2Br)o1)c1ccc2c(c1)OCO2. The first-order valence-corrected chi connectivity index (χ1v) is 8.47. The number of hydrogen-bond donors (Lipinski definition) is 0. The Morgan fingerprint density at radius 2 is 1.84 bits per heavy atom. The van der Waals surface area contributed by atoms with Crippen LogP contribution in [0.4, 0.5) is 0 Å². The monoisotopic (exact) mass is 396 g/mol. The first-order valence-electron chi connectivity index (χ1n) is 7.67. The molecule has 0 bridgehead atoms. The molecule has 4 nitrogen and oxygen atoms in total. The molecule has 2 heterocycles. The smallest absolute Gasteiger partial charge is 0.231 e. The Morgan fingerprint density at radius 1 is 1.00 bits per heavy atom. The molecule has 124 valence electrons. The van der Waals surface area contributed by atoms with Crippen LogP contribution in [0.15, 0.2) is 69.6 Å². The fourth-order valence-corrected chi connectivity index (χ4v) is 3.03. The molecule has 0 fully saturated rings. The summed E-state index contributed by atoms with van der Waals surface area (Å²) in [5.74, 6) is 2.47. The van der Waals surface area contributed by atoms with E-state index in [4.69, 9.17) is 13.9 Å². The normalized spacial score (nSPS) is 12.7. The summed E-state index contributed by atoms with van der Waals surface area (Å²) >= 11 is 3.51. The summed E-state index contributed by atoms with van der Waals surface area (Å²) in [5, 5.41) is 0. The van der Waals surface area contributed by atoms with E-state index in [-0.39, 0.29) is 12.6 Å². The topological polar surface area (TPSA) is 48.7 Å². The van der Waals surface area contributed by atoms with E-state index < -0.39 is 0 Å². The molecule has 0 N–H and O–H groups in total. The van der Waals surface area contributed by atoms with Crippen molar-refractivity contribution in [1.29, 1.82) is 0 Å². The molecule has 1 aliphatic rings. The van der Waals surface area contributed by atoms with E-state index in [0.717, 1.165) is 15.8 Å². The van der Waals surface area contributed by atoms with Gasteiger partial charge in [-0.2, -0.15) is 0 Å². The number of rotatable bonds is 4. The number of fused-ring (bicyclic) bond motifs is 1. The lowest BCUT2D eigenvalue weighted by Gasteiger charge is -1.99. The molecule has 4 rings (SSSR count). The maximum Gasteiger partial charge on any atom is 0.231 e. The van der Waals surface area contributed by atoms with Gasteiger partial charge in [-0.05, 0) is 48.6 Å². The molecule has 2 aromatic carbocycles. The number of carbonyl (C=O) groups excluding carboxylic acids is 1. The Hall–Kier alpha value is -2.79. The molecule has 0 radical (unpaired) electrons. The molecule has 0 saturated heterocycles. The van der Waals surface area contributed by atoms with Crippen molar-refractivity contribution in [3.8, 4) is 22.8 Å². The third-order valence-electron chi connectivity index (χ3n) is 3.82. The molecule has 0 aliphatic carbocycles. The molecule has 3 aromatic rings. The minimum atomic E-state index is -0.128. The van der Waals surface area contributed by atoms with E-state index in [1.165, 1.54) is 6.08 Å². The first-order chi connectivity index (χ1) is 12.2. The van der Waals surface area contributed by atoms with E-state index in [1.807, 2.05) is 36.4 Å². The third kappa shape index (κ3) is 3.23. The van der Waals surface area contributed by atoms with Gasteiger partial charge in [-0.3, -0.25) is 4.79 Å². The van der Waals surface area contributed by atoms with Gasteiger partial charge < -0.3 is 13.9 Å². The second kappa shape index (κ2) is 6.61. The lowest BCUT2D eigenvalue weighted by molar-refractivity contribution is 0.104. The van der Waals surface area contributed by atoms with Crippen molar-refractivity contribution in [2.45, 2.75) is 0 Å². The number of carbonyl (C=O) groups is 1. The van der Waals surface area contributed by atoms with Crippen LogP contribution in [0.25, 0.3) is 17.4 Å². The zero-order valence-electron chi connectivity index (χ0n) is 13.1. The van der Waals surface area contributed by atoms with Crippen LogP contribution in [0.2, 0.25) is 0 Å². The van der Waals surface area contributed by atoms with Gasteiger partial charge >= 0.3 is 0 Å². The van der Waals surface area contributed by atoms with Crippen LogP contribution in [0, 0.1) is 0 Å². The van der Waals surface area contributed by atoms with Gasteiger partial charge in [0.2, 0.25) is 6.79 Å². The highest BCUT2D eigenvalue weighted by Gasteiger charge is 2.15. The largest absolute Gasteiger partial charge is 0.457 e. The van der Waals surface area contributed by atoms with Crippen LogP contribution in [-0.4, -0.2) is 12.6 Å². The highest BCUT2D eigenvalue weighted by molar-refractivity contribution is 9.10. The second-order valence-corrected chi connectivity index (χ2v) is 6.30. The summed E-state index contributed by atoms with van der Waals surface area (Å²) in [6.07, 6.45) is 3.15. The molecule has 25 heavy (non-hydrogen) atoms. The maximum absolute atomic E-state index is 12.3. The Labute approximate surface area is 152 Å². The van der Waals surface area contributed by atoms with Crippen LogP contribution in [-0.2, 0) is 0 Å². The van der Waals surface area contributed by atoms with Gasteiger partial charge in [-0.1, -0.05) is 34.1 Å². The maximum atomic E-state index is 12.3. The summed E-state index contributed by atoms with van der Waals surface area (Å²) in [5.41, 5.74) is 1.50. The number of halogens is 1. The molecule has 0 amide bonds. The molecule has 0 atom stereocenters. The summed E-state index contributed by atoms with van der Waals surface area (Å²) in [6, 6.07) is 16.7. The van der Waals surface area contributed by atoms with E-state index in [9.17, 15) is 4.79 Å². The van der Waals surface area contributed by atoms with Gasteiger partial charge in [-0.15, -0.1) is 0 Å². The Bertz CT molecular complexity index is 971. The highest BCUT2D eigenvalue weighted by atomic mass is 79.9. The fraction of sp³-hybridized carbons (Fsp3) is 0.0500. The molecule has 5 heteroatoms. The summed E-state index contributed by atoms with van der Waals surface area (Å²) in [7, 11) is 0. The van der Waals surface area contributed by atoms with Gasteiger partial charge in [0.15, 0.2) is 17.3 Å². The minimum Gasteiger partial charge on any atom is -0.457 e. The second-order valence-electron chi connectivity index (χ2n) is 5.45. The highest BCUT2D eigenvalue weighted by Crippen LogP contribution is 2.33. The molecular weight excluding hydrogens is 384 g/mol.